The van der Waals surface area contributed by atoms with Gasteiger partial charge in [-0.1, -0.05) is 31.9 Å². The zero-order valence-corrected chi connectivity index (χ0v) is 19.0. The van der Waals surface area contributed by atoms with E-state index in [1.807, 2.05) is 0 Å². The highest BCUT2D eigenvalue weighted by molar-refractivity contribution is 9.10. The van der Waals surface area contributed by atoms with E-state index < -0.39 is 16.5 Å². The molecular formula is C18H12Br2O6P2+2. The molecule has 0 radical (unpaired) electrons. The number of benzene rings is 3. The topological polar surface area (TPSA) is 71.1 Å². The first kappa shape index (κ1) is 20.7. The van der Waals surface area contributed by atoms with E-state index in [9.17, 15) is 9.13 Å². The molecule has 0 N–H and O–H groups in total. The Bertz CT molecular complexity index is 882. The second-order valence-corrected chi connectivity index (χ2v) is 8.65. The van der Waals surface area contributed by atoms with Crippen LogP contribution in [0.15, 0.2) is 81.7 Å². The number of halogens is 2. The van der Waals surface area contributed by atoms with Crippen molar-refractivity contribution in [2.75, 3.05) is 0 Å². The van der Waals surface area contributed by atoms with Gasteiger partial charge in [0.2, 0.25) is 0 Å². The Kier molecular flexibility index (Phi) is 7.40. The highest BCUT2D eigenvalue weighted by atomic mass is 79.9. The van der Waals surface area contributed by atoms with Crippen LogP contribution in [-0.2, 0) is 9.13 Å². The molecular weight excluding hydrogens is 534 g/mol. The molecule has 0 heterocycles. The summed E-state index contributed by atoms with van der Waals surface area (Å²) in [6, 6.07) is 19.8. The largest absolute Gasteiger partial charge is 0.805 e. The Labute approximate surface area is 179 Å². The van der Waals surface area contributed by atoms with Crippen LogP contribution in [0.2, 0.25) is 0 Å². The van der Waals surface area contributed by atoms with E-state index in [1.54, 1.807) is 48.5 Å². The Morgan fingerprint density at radius 2 is 0.679 bits per heavy atom. The van der Waals surface area contributed by atoms with Crippen molar-refractivity contribution >= 4 is 48.4 Å². The van der Waals surface area contributed by atoms with Crippen LogP contribution >= 0.6 is 48.4 Å². The maximum absolute atomic E-state index is 11.9. The van der Waals surface area contributed by atoms with Crippen molar-refractivity contribution in [3.05, 3.63) is 81.7 Å². The van der Waals surface area contributed by atoms with E-state index in [0.29, 0.717) is 23.0 Å². The van der Waals surface area contributed by atoms with Gasteiger partial charge in [-0.05, 0) is 72.8 Å². The van der Waals surface area contributed by atoms with Crippen LogP contribution in [0.25, 0.3) is 0 Å². The fourth-order valence-corrected chi connectivity index (χ4v) is 3.71. The molecule has 0 saturated carbocycles. The molecule has 10 heteroatoms. The van der Waals surface area contributed by atoms with E-state index in [2.05, 4.69) is 31.9 Å². The van der Waals surface area contributed by atoms with Gasteiger partial charge in [0.1, 0.15) is 0 Å². The van der Waals surface area contributed by atoms with Crippen molar-refractivity contribution in [1.82, 2.24) is 0 Å². The maximum Gasteiger partial charge on any atom is 0.805 e. The lowest BCUT2D eigenvalue weighted by Crippen LogP contribution is -1.90. The minimum absolute atomic E-state index is 0.314. The molecule has 0 saturated heterocycles. The van der Waals surface area contributed by atoms with Gasteiger partial charge in [0, 0.05) is 18.1 Å². The summed E-state index contributed by atoms with van der Waals surface area (Å²) >= 11 is 6.61. The Morgan fingerprint density at radius 1 is 0.464 bits per heavy atom. The molecule has 0 bridgehead atoms. The minimum atomic E-state index is -2.40. The lowest BCUT2D eigenvalue weighted by Gasteiger charge is -1.97. The van der Waals surface area contributed by atoms with Gasteiger partial charge in [0.05, 0.1) is 0 Å². The lowest BCUT2D eigenvalue weighted by atomic mass is 10.3. The summed E-state index contributed by atoms with van der Waals surface area (Å²) in [5.41, 5.74) is 0. The highest BCUT2D eigenvalue weighted by Crippen LogP contribution is 2.34. The van der Waals surface area contributed by atoms with Crippen molar-refractivity contribution in [2.24, 2.45) is 0 Å². The standard InChI is InChI=1S/C18H12Br2O6P2/c19-13-1-5-15(6-2-13)23-27(21)25-17-9-11-18(12-10-17)26-28(22)24-16-7-3-14(20)4-8-16/h1-12H/q+2. The minimum Gasteiger partial charge on any atom is -0.222 e. The van der Waals surface area contributed by atoms with Crippen molar-refractivity contribution < 1.29 is 27.2 Å². The molecule has 0 fully saturated rings. The molecule has 0 amide bonds. The second kappa shape index (κ2) is 9.99. The third kappa shape index (κ3) is 6.57. The van der Waals surface area contributed by atoms with E-state index >= 15 is 0 Å². The van der Waals surface area contributed by atoms with Gasteiger partial charge >= 0.3 is 16.5 Å². The van der Waals surface area contributed by atoms with Gasteiger partial charge in [-0.2, -0.15) is 0 Å². The molecule has 28 heavy (non-hydrogen) atoms. The molecule has 6 nitrogen and oxygen atoms in total. The first-order valence-corrected chi connectivity index (χ1v) is 11.5. The van der Waals surface area contributed by atoms with Crippen LogP contribution < -0.4 is 18.1 Å². The average molecular weight is 546 g/mol. The first-order chi connectivity index (χ1) is 13.5. The second-order valence-electron chi connectivity index (χ2n) is 5.19. The van der Waals surface area contributed by atoms with Crippen LogP contribution in [-0.4, -0.2) is 0 Å². The molecule has 142 valence electrons. The van der Waals surface area contributed by atoms with Gasteiger partial charge in [0.25, 0.3) is 0 Å². The third-order valence-electron chi connectivity index (χ3n) is 3.17. The number of rotatable bonds is 8. The summed E-state index contributed by atoms with van der Waals surface area (Å²) in [6.45, 7) is 0. The van der Waals surface area contributed by atoms with Crippen molar-refractivity contribution in [3.63, 3.8) is 0 Å². The van der Waals surface area contributed by atoms with E-state index in [-0.39, 0.29) is 0 Å². The molecule has 2 atom stereocenters. The molecule has 0 aliphatic carbocycles. The fourth-order valence-electron chi connectivity index (χ4n) is 1.93. The van der Waals surface area contributed by atoms with Crippen LogP contribution in [0, 0.1) is 0 Å². The van der Waals surface area contributed by atoms with E-state index in [0.717, 1.165) is 8.95 Å². The summed E-state index contributed by atoms with van der Waals surface area (Å²) in [5.74, 6) is 1.47. The maximum atomic E-state index is 11.9. The summed E-state index contributed by atoms with van der Waals surface area (Å²) in [6.07, 6.45) is 0. The van der Waals surface area contributed by atoms with E-state index in [1.165, 1.54) is 24.3 Å². The molecule has 0 aliphatic rings. The summed E-state index contributed by atoms with van der Waals surface area (Å²) in [5, 5.41) is 0. The Hall–Kier alpha value is -1.98. The van der Waals surface area contributed by atoms with Crippen molar-refractivity contribution in [2.45, 2.75) is 0 Å². The van der Waals surface area contributed by atoms with Crippen molar-refractivity contribution in [1.29, 1.82) is 0 Å². The zero-order chi connectivity index (χ0) is 19.9. The lowest BCUT2D eigenvalue weighted by molar-refractivity contribution is 0.410. The fraction of sp³-hybridized carbons (Fsp3) is 0. The van der Waals surface area contributed by atoms with Gasteiger partial charge in [0.15, 0.2) is 23.0 Å². The average Bonchev–Trinajstić information content (AvgIpc) is 2.67. The molecule has 0 spiro atoms. The van der Waals surface area contributed by atoms with Crippen LogP contribution in [0.3, 0.4) is 0 Å². The van der Waals surface area contributed by atoms with Crippen LogP contribution in [0.1, 0.15) is 0 Å². The summed E-state index contributed by atoms with van der Waals surface area (Å²) in [4.78, 5) is 0. The normalized spacial score (nSPS) is 11.4. The molecule has 0 aromatic heterocycles. The van der Waals surface area contributed by atoms with Crippen molar-refractivity contribution in [3.8, 4) is 23.0 Å². The number of hydrogen-bond donors (Lipinski definition) is 0. The summed E-state index contributed by atoms with van der Waals surface area (Å²) in [7, 11) is -4.80. The SMILES string of the molecule is O=[P+](Oc1ccc(Br)cc1)Oc1ccc(O[P+](=O)Oc2ccc(Br)cc2)cc1. The molecule has 0 aliphatic heterocycles. The van der Waals surface area contributed by atoms with Gasteiger partial charge in [-0.15, -0.1) is 0 Å². The highest BCUT2D eigenvalue weighted by Gasteiger charge is 2.26. The Morgan fingerprint density at radius 3 is 0.929 bits per heavy atom. The van der Waals surface area contributed by atoms with E-state index in [4.69, 9.17) is 18.1 Å². The quantitative estimate of drug-likeness (QED) is 0.274. The first-order valence-electron chi connectivity index (χ1n) is 7.75. The third-order valence-corrected chi connectivity index (χ3v) is 5.67. The van der Waals surface area contributed by atoms with Crippen LogP contribution in [0.4, 0.5) is 0 Å². The zero-order valence-electron chi connectivity index (χ0n) is 14.0. The molecule has 2 unspecified atom stereocenters. The monoisotopic (exact) mass is 544 g/mol. The van der Waals surface area contributed by atoms with Gasteiger partial charge in [-0.3, -0.25) is 0 Å². The van der Waals surface area contributed by atoms with Gasteiger partial charge < -0.3 is 0 Å². The van der Waals surface area contributed by atoms with Gasteiger partial charge in [-0.25, -0.2) is 18.1 Å². The van der Waals surface area contributed by atoms with Crippen LogP contribution in [0.5, 0.6) is 23.0 Å². The summed E-state index contributed by atoms with van der Waals surface area (Å²) < 4.78 is 46.5. The predicted octanol–water partition coefficient (Wildman–Crippen LogP) is 7.44. The molecule has 3 aromatic rings. The molecule has 3 aromatic carbocycles. The smallest absolute Gasteiger partial charge is 0.222 e. The molecule has 3 rings (SSSR count). The predicted molar refractivity (Wildman–Crippen MR) is 112 cm³/mol. The number of hydrogen-bond acceptors (Lipinski definition) is 6. The Balaban J connectivity index is 1.51.